The lowest BCUT2D eigenvalue weighted by Crippen LogP contribution is -2.10. The average molecular weight is 109 g/mol. The first-order chi connectivity index (χ1) is 2.41. The van der Waals surface area contributed by atoms with Crippen LogP contribution in [0.25, 0.3) is 0 Å². The number of rotatable bonds is 2. The molecule has 0 unspecified atom stereocenters. The van der Waals surface area contributed by atoms with Crippen molar-refractivity contribution in [3.63, 3.8) is 0 Å². The summed E-state index contributed by atoms with van der Waals surface area (Å²) in [5, 5.41) is 10.8. The quantitative estimate of drug-likeness (QED) is 0.492. The van der Waals surface area contributed by atoms with Gasteiger partial charge in [-0.15, -0.1) is 0 Å². The topological polar surface area (TPSA) is 32.3 Å². The molecule has 2 N–H and O–H groups in total. The maximum atomic E-state index is 8.00. The standard InChI is InChI=1S/C3H9NO.H2S/c1-4-2-3-5;/h4-5H,2-3H2,1H3;1H2. The summed E-state index contributed by atoms with van der Waals surface area (Å²) in [7, 11) is 1.80. The van der Waals surface area contributed by atoms with Gasteiger partial charge in [-0.1, -0.05) is 0 Å². The van der Waals surface area contributed by atoms with E-state index in [9.17, 15) is 0 Å². The van der Waals surface area contributed by atoms with E-state index in [1.807, 2.05) is 0 Å². The second kappa shape index (κ2) is 8.99. The zero-order valence-electron chi connectivity index (χ0n) is 3.86. The Labute approximate surface area is 45.0 Å². The van der Waals surface area contributed by atoms with Crippen molar-refractivity contribution >= 4 is 13.5 Å². The van der Waals surface area contributed by atoms with Gasteiger partial charge in [0.1, 0.15) is 0 Å². The Hall–Kier alpha value is 0.270. The first kappa shape index (κ1) is 9.55. The normalized spacial score (nSPS) is 7.00. The lowest BCUT2D eigenvalue weighted by atomic mass is 10.7. The lowest BCUT2D eigenvalue weighted by molar-refractivity contribution is 0.296. The molecule has 0 bridgehead atoms. The number of aliphatic hydroxyl groups is 1. The Morgan fingerprint density at radius 3 is 2.17 bits per heavy atom. The van der Waals surface area contributed by atoms with Crippen molar-refractivity contribution in [1.82, 2.24) is 5.32 Å². The summed E-state index contributed by atoms with van der Waals surface area (Å²) in [5.74, 6) is 0. The molecule has 3 heteroatoms. The molecule has 0 spiro atoms. The minimum absolute atomic E-state index is 0. The van der Waals surface area contributed by atoms with Gasteiger partial charge in [0.15, 0.2) is 0 Å². The van der Waals surface area contributed by atoms with Crippen LogP contribution in [0.15, 0.2) is 0 Å². The van der Waals surface area contributed by atoms with Gasteiger partial charge < -0.3 is 10.4 Å². The van der Waals surface area contributed by atoms with Crippen molar-refractivity contribution in [2.45, 2.75) is 0 Å². The molecule has 0 amide bonds. The third-order valence-electron chi connectivity index (χ3n) is 0.362. The average Bonchev–Trinajstić information content (AvgIpc) is 1.41. The molecule has 0 heterocycles. The largest absolute Gasteiger partial charge is 0.395 e. The summed E-state index contributed by atoms with van der Waals surface area (Å²) in [4.78, 5) is 0. The van der Waals surface area contributed by atoms with Gasteiger partial charge in [0, 0.05) is 6.54 Å². The SMILES string of the molecule is CNCCO.S. The lowest BCUT2D eigenvalue weighted by Gasteiger charge is -1.84. The molecule has 0 aromatic rings. The van der Waals surface area contributed by atoms with Crippen molar-refractivity contribution in [3.05, 3.63) is 0 Å². The first-order valence-corrected chi connectivity index (χ1v) is 1.67. The van der Waals surface area contributed by atoms with Gasteiger partial charge in [-0.3, -0.25) is 0 Å². The van der Waals surface area contributed by atoms with Gasteiger partial charge in [-0.05, 0) is 7.05 Å². The van der Waals surface area contributed by atoms with Crippen molar-refractivity contribution in [2.24, 2.45) is 0 Å². The minimum Gasteiger partial charge on any atom is -0.395 e. The van der Waals surface area contributed by atoms with Crippen LogP contribution >= 0.6 is 13.5 Å². The van der Waals surface area contributed by atoms with E-state index in [-0.39, 0.29) is 20.1 Å². The van der Waals surface area contributed by atoms with Crippen molar-refractivity contribution in [3.8, 4) is 0 Å². The summed E-state index contributed by atoms with van der Waals surface area (Å²) >= 11 is 0. The number of likely N-dealkylation sites (N-methyl/N-ethyl adjacent to an activating group) is 1. The summed E-state index contributed by atoms with van der Waals surface area (Å²) in [6, 6.07) is 0. The van der Waals surface area contributed by atoms with Crippen LogP contribution in [0, 0.1) is 0 Å². The maximum absolute atomic E-state index is 8.00. The molecule has 0 fully saturated rings. The van der Waals surface area contributed by atoms with Gasteiger partial charge in [0.2, 0.25) is 0 Å². The third kappa shape index (κ3) is 8.86. The van der Waals surface area contributed by atoms with Gasteiger partial charge in [0.05, 0.1) is 6.61 Å². The molecule has 40 valence electrons. The fourth-order valence-electron chi connectivity index (χ4n) is 0.112. The highest BCUT2D eigenvalue weighted by molar-refractivity contribution is 7.59. The highest BCUT2D eigenvalue weighted by Gasteiger charge is 1.65. The molecular formula is C3H11NOS. The molecule has 0 aromatic heterocycles. The molecule has 0 saturated heterocycles. The molecule has 0 radical (unpaired) electrons. The summed E-state index contributed by atoms with van der Waals surface area (Å²) in [5.41, 5.74) is 0. The molecule has 6 heavy (non-hydrogen) atoms. The van der Waals surface area contributed by atoms with Crippen LogP contribution < -0.4 is 5.32 Å². The van der Waals surface area contributed by atoms with Crippen molar-refractivity contribution in [1.29, 1.82) is 0 Å². The molecule has 0 saturated carbocycles. The molecule has 0 atom stereocenters. The van der Waals surface area contributed by atoms with E-state index in [1.54, 1.807) is 7.05 Å². The number of hydrogen-bond acceptors (Lipinski definition) is 2. The van der Waals surface area contributed by atoms with Crippen LogP contribution in [0.2, 0.25) is 0 Å². The van der Waals surface area contributed by atoms with Crippen molar-refractivity contribution in [2.75, 3.05) is 20.2 Å². The Balaban J connectivity index is 0. The highest BCUT2D eigenvalue weighted by Crippen LogP contribution is 1.42. The van der Waals surface area contributed by atoms with E-state index >= 15 is 0 Å². The number of nitrogens with one attached hydrogen (secondary N) is 1. The van der Waals surface area contributed by atoms with E-state index in [0.717, 1.165) is 0 Å². The molecular weight excluding hydrogens is 98.1 g/mol. The van der Waals surface area contributed by atoms with Gasteiger partial charge in [0.25, 0.3) is 0 Å². The van der Waals surface area contributed by atoms with E-state index in [0.29, 0.717) is 6.54 Å². The zero-order valence-corrected chi connectivity index (χ0v) is 4.86. The van der Waals surface area contributed by atoms with E-state index in [1.165, 1.54) is 0 Å². The molecule has 2 nitrogen and oxygen atoms in total. The molecule has 0 aliphatic carbocycles. The van der Waals surface area contributed by atoms with Gasteiger partial charge in [-0.25, -0.2) is 0 Å². The van der Waals surface area contributed by atoms with Crippen LogP contribution in [0.3, 0.4) is 0 Å². The minimum atomic E-state index is 0. The smallest absolute Gasteiger partial charge is 0.0555 e. The Kier molecular flexibility index (Phi) is 14.3. The molecule has 0 rings (SSSR count). The second-order valence-corrected chi connectivity index (χ2v) is 0.827. The first-order valence-electron chi connectivity index (χ1n) is 1.67. The van der Waals surface area contributed by atoms with Crippen LogP contribution in [0.4, 0.5) is 0 Å². The highest BCUT2D eigenvalue weighted by atomic mass is 32.1. The third-order valence-corrected chi connectivity index (χ3v) is 0.362. The Bertz CT molecular complexity index is 18.3. The van der Waals surface area contributed by atoms with Gasteiger partial charge >= 0.3 is 0 Å². The van der Waals surface area contributed by atoms with E-state index < -0.39 is 0 Å². The Morgan fingerprint density at radius 2 is 2.17 bits per heavy atom. The molecule has 0 aliphatic heterocycles. The number of hydrogen-bond donors (Lipinski definition) is 2. The van der Waals surface area contributed by atoms with Crippen LogP contribution in [0.1, 0.15) is 0 Å². The zero-order chi connectivity index (χ0) is 4.12. The van der Waals surface area contributed by atoms with Crippen LogP contribution in [-0.4, -0.2) is 25.3 Å². The second-order valence-electron chi connectivity index (χ2n) is 0.827. The van der Waals surface area contributed by atoms with E-state index in [2.05, 4.69) is 5.32 Å². The van der Waals surface area contributed by atoms with Gasteiger partial charge in [-0.2, -0.15) is 13.5 Å². The fourth-order valence-corrected chi connectivity index (χ4v) is 0.112. The van der Waals surface area contributed by atoms with Crippen molar-refractivity contribution < 1.29 is 5.11 Å². The molecule has 0 aromatic carbocycles. The summed E-state index contributed by atoms with van der Waals surface area (Å²) in [6.45, 7) is 0.927. The summed E-state index contributed by atoms with van der Waals surface area (Å²) in [6.07, 6.45) is 0. The predicted octanol–water partition coefficient (Wildman–Crippen LogP) is -0.689. The van der Waals surface area contributed by atoms with E-state index in [4.69, 9.17) is 5.11 Å². The molecule has 0 aliphatic rings. The number of aliphatic hydroxyl groups excluding tert-OH is 1. The monoisotopic (exact) mass is 109 g/mol. The summed E-state index contributed by atoms with van der Waals surface area (Å²) < 4.78 is 0. The van der Waals surface area contributed by atoms with Crippen LogP contribution in [-0.2, 0) is 0 Å². The maximum Gasteiger partial charge on any atom is 0.0555 e. The predicted molar refractivity (Wildman–Crippen MR) is 31.4 cm³/mol. The Morgan fingerprint density at radius 1 is 1.67 bits per heavy atom. The van der Waals surface area contributed by atoms with Crippen LogP contribution in [0.5, 0.6) is 0 Å². The fraction of sp³-hybridized carbons (Fsp3) is 1.00.